The predicted octanol–water partition coefficient (Wildman–Crippen LogP) is 6.67. The first kappa shape index (κ1) is 26.9. The Bertz CT molecular complexity index is 1320. The molecule has 192 valence electrons. The molecule has 1 heterocycles. The number of hydrogen-bond donors (Lipinski definition) is 1. The maximum absolute atomic E-state index is 13.4. The van der Waals surface area contributed by atoms with E-state index in [1.165, 1.54) is 23.9 Å². The van der Waals surface area contributed by atoms with Crippen molar-refractivity contribution in [1.29, 1.82) is 0 Å². The van der Waals surface area contributed by atoms with Gasteiger partial charge in [0.05, 0.1) is 11.5 Å². The quantitative estimate of drug-likeness (QED) is 0.181. The van der Waals surface area contributed by atoms with Crippen LogP contribution in [-0.2, 0) is 17.0 Å². The van der Waals surface area contributed by atoms with Crippen LogP contribution in [0.3, 0.4) is 0 Å². The number of rotatable bonds is 10. The van der Waals surface area contributed by atoms with Crippen molar-refractivity contribution in [3.63, 3.8) is 0 Å². The van der Waals surface area contributed by atoms with Crippen LogP contribution in [0.4, 0.5) is 4.39 Å². The fourth-order valence-corrected chi connectivity index (χ4v) is 4.77. The zero-order valence-electron chi connectivity index (χ0n) is 21.1. The van der Waals surface area contributed by atoms with E-state index in [-0.39, 0.29) is 17.6 Å². The first-order chi connectivity index (χ1) is 17.8. The number of halogens is 2. The molecule has 1 unspecified atom stereocenters. The Morgan fingerprint density at radius 3 is 2.32 bits per heavy atom. The molecule has 37 heavy (non-hydrogen) atoms. The number of carbonyl (C=O) groups excluding carboxylic acids is 1. The Balaban J connectivity index is 1.74. The van der Waals surface area contributed by atoms with Crippen molar-refractivity contribution in [2.24, 2.45) is 5.41 Å². The van der Waals surface area contributed by atoms with Gasteiger partial charge >= 0.3 is 0 Å². The van der Waals surface area contributed by atoms with Gasteiger partial charge < -0.3 is 5.32 Å². The molecule has 1 atom stereocenters. The van der Waals surface area contributed by atoms with Crippen LogP contribution in [0.5, 0.6) is 0 Å². The van der Waals surface area contributed by atoms with E-state index in [2.05, 4.69) is 15.5 Å². The lowest BCUT2D eigenvalue weighted by molar-refractivity contribution is -0.129. The summed E-state index contributed by atoms with van der Waals surface area (Å²) in [7, 11) is 0. The molecule has 1 aromatic heterocycles. The van der Waals surface area contributed by atoms with Crippen LogP contribution in [0.15, 0.2) is 84.0 Å². The lowest BCUT2D eigenvalue weighted by Gasteiger charge is -2.26. The molecule has 5 nitrogen and oxygen atoms in total. The van der Waals surface area contributed by atoms with Crippen LogP contribution in [0.1, 0.15) is 42.4 Å². The fourth-order valence-electron chi connectivity index (χ4n) is 3.74. The van der Waals surface area contributed by atoms with E-state index in [0.29, 0.717) is 23.2 Å². The van der Waals surface area contributed by atoms with Gasteiger partial charge in [0.15, 0.2) is 11.0 Å². The number of nitrogens with zero attached hydrogens (tertiary/aromatic N) is 3. The molecular weight excluding hydrogens is 507 g/mol. The van der Waals surface area contributed by atoms with Crippen molar-refractivity contribution in [3.8, 4) is 5.69 Å². The zero-order chi connectivity index (χ0) is 26.4. The first-order valence-corrected chi connectivity index (χ1v) is 13.6. The topological polar surface area (TPSA) is 59.8 Å². The number of aryl methyl sites for hydroxylation is 1. The highest BCUT2D eigenvalue weighted by Gasteiger charge is 2.31. The number of aromatic nitrogens is 3. The third-order valence-corrected chi connectivity index (χ3v) is 7.75. The molecule has 4 aromatic rings. The van der Waals surface area contributed by atoms with Crippen molar-refractivity contribution in [1.82, 2.24) is 20.1 Å². The molecule has 1 N–H and O–H groups in total. The average Bonchev–Trinajstić information content (AvgIpc) is 3.33. The van der Waals surface area contributed by atoms with Crippen molar-refractivity contribution in [2.45, 2.75) is 44.1 Å². The SMILES string of the molecule is Cc1ccc(-n2c(SCc3ccc(F)cc3)nnc2C(Cc2ccccc2)NC(=O)C(C)(C)CCl)cc1. The minimum atomic E-state index is -0.745. The molecule has 0 saturated heterocycles. The normalized spacial score (nSPS) is 12.4. The molecule has 0 aliphatic rings. The van der Waals surface area contributed by atoms with Crippen molar-refractivity contribution in [2.75, 3.05) is 5.88 Å². The monoisotopic (exact) mass is 536 g/mol. The molecule has 0 aliphatic heterocycles. The second-order valence-corrected chi connectivity index (χ2v) is 10.9. The molecule has 0 fully saturated rings. The van der Waals surface area contributed by atoms with E-state index >= 15 is 0 Å². The number of amides is 1. The Morgan fingerprint density at radius 2 is 1.68 bits per heavy atom. The highest BCUT2D eigenvalue weighted by atomic mass is 35.5. The van der Waals surface area contributed by atoms with Gasteiger partial charge in [0.25, 0.3) is 0 Å². The van der Waals surface area contributed by atoms with Gasteiger partial charge in [0, 0.05) is 17.3 Å². The van der Waals surface area contributed by atoms with Gasteiger partial charge in [-0.2, -0.15) is 0 Å². The number of alkyl halides is 1. The Labute approximate surface area is 226 Å². The van der Waals surface area contributed by atoms with Gasteiger partial charge in [-0.05, 0) is 62.6 Å². The third kappa shape index (κ3) is 6.79. The molecule has 4 rings (SSSR count). The standard InChI is InChI=1S/C29H30ClFN4OS/c1-20-9-15-24(16-10-20)35-26(33-34-28(35)37-18-22-11-13-23(31)14-12-22)25(17-21-7-5-4-6-8-21)32-27(36)29(2,3)19-30/h4-16,25H,17-19H2,1-3H3,(H,32,36). The predicted molar refractivity (Wildman–Crippen MR) is 148 cm³/mol. The number of thioether (sulfide) groups is 1. The number of nitrogens with one attached hydrogen (secondary N) is 1. The fraction of sp³-hybridized carbons (Fsp3) is 0.276. The van der Waals surface area contributed by atoms with Gasteiger partial charge in [-0.15, -0.1) is 21.8 Å². The van der Waals surface area contributed by atoms with E-state index in [0.717, 1.165) is 22.4 Å². The lowest BCUT2D eigenvalue weighted by atomic mass is 9.94. The maximum Gasteiger partial charge on any atom is 0.227 e. The van der Waals surface area contributed by atoms with E-state index < -0.39 is 11.5 Å². The molecule has 8 heteroatoms. The molecule has 3 aromatic carbocycles. The summed E-state index contributed by atoms with van der Waals surface area (Å²) < 4.78 is 15.4. The minimum Gasteiger partial charge on any atom is -0.345 e. The number of benzene rings is 3. The van der Waals surface area contributed by atoms with E-state index in [1.807, 2.05) is 79.9 Å². The Kier molecular flexibility index (Phi) is 8.67. The van der Waals surface area contributed by atoms with Crippen LogP contribution in [0.25, 0.3) is 5.69 Å². The van der Waals surface area contributed by atoms with Gasteiger partial charge in [0.2, 0.25) is 5.91 Å². The Morgan fingerprint density at radius 1 is 1.00 bits per heavy atom. The van der Waals surface area contributed by atoms with E-state index in [9.17, 15) is 9.18 Å². The van der Waals surface area contributed by atoms with Crippen molar-refractivity contribution in [3.05, 3.63) is 107 Å². The smallest absolute Gasteiger partial charge is 0.227 e. The summed E-state index contributed by atoms with van der Waals surface area (Å²) in [6.45, 7) is 5.68. The first-order valence-electron chi connectivity index (χ1n) is 12.1. The van der Waals surface area contributed by atoms with Crippen LogP contribution >= 0.6 is 23.4 Å². The maximum atomic E-state index is 13.4. The Hall–Kier alpha value is -3.16. The van der Waals surface area contributed by atoms with E-state index in [1.54, 1.807) is 12.1 Å². The molecule has 0 radical (unpaired) electrons. The molecular formula is C29H30ClFN4OS. The van der Waals surface area contributed by atoms with Crippen molar-refractivity contribution >= 4 is 29.3 Å². The lowest BCUT2D eigenvalue weighted by Crippen LogP contribution is -2.41. The van der Waals surface area contributed by atoms with Gasteiger partial charge in [-0.25, -0.2) is 4.39 Å². The van der Waals surface area contributed by atoms with Gasteiger partial charge in [-0.1, -0.05) is 71.9 Å². The van der Waals surface area contributed by atoms with Crippen LogP contribution in [0.2, 0.25) is 0 Å². The van der Waals surface area contributed by atoms with Gasteiger partial charge in [0.1, 0.15) is 5.82 Å². The summed E-state index contributed by atoms with van der Waals surface area (Å²) in [6.07, 6.45) is 0.539. The van der Waals surface area contributed by atoms with Crippen LogP contribution in [0, 0.1) is 18.2 Å². The second kappa shape index (κ2) is 11.9. The summed E-state index contributed by atoms with van der Waals surface area (Å²) in [6, 6.07) is 24.1. The molecule has 1 amide bonds. The third-order valence-electron chi connectivity index (χ3n) is 6.08. The highest BCUT2D eigenvalue weighted by molar-refractivity contribution is 7.98. The molecule has 0 bridgehead atoms. The second-order valence-electron chi connectivity index (χ2n) is 9.66. The summed E-state index contributed by atoms with van der Waals surface area (Å²) in [5, 5.41) is 13.0. The van der Waals surface area contributed by atoms with Crippen molar-refractivity contribution < 1.29 is 9.18 Å². The molecule has 0 spiro atoms. The number of carbonyl (C=O) groups is 1. The summed E-state index contributed by atoms with van der Waals surface area (Å²) >= 11 is 7.62. The zero-order valence-corrected chi connectivity index (χ0v) is 22.7. The van der Waals surface area contributed by atoms with Gasteiger partial charge in [-0.3, -0.25) is 9.36 Å². The van der Waals surface area contributed by atoms with Crippen LogP contribution < -0.4 is 5.32 Å². The summed E-state index contributed by atoms with van der Waals surface area (Å²) in [4.78, 5) is 13.2. The van der Waals surface area contributed by atoms with Crippen LogP contribution in [-0.4, -0.2) is 26.6 Å². The highest BCUT2D eigenvalue weighted by Crippen LogP contribution is 2.30. The summed E-state index contributed by atoms with van der Waals surface area (Å²) in [5.74, 6) is 1.01. The average molecular weight is 537 g/mol. The summed E-state index contributed by atoms with van der Waals surface area (Å²) in [5.41, 5.74) is 3.33. The largest absolute Gasteiger partial charge is 0.345 e. The van der Waals surface area contributed by atoms with E-state index in [4.69, 9.17) is 11.6 Å². The minimum absolute atomic E-state index is 0.151. The molecule has 0 aliphatic carbocycles. The molecule has 0 saturated carbocycles. The number of hydrogen-bond acceptors (Lipinski definition) is 4.